The Bertz CT molecular complexity index is 333. The van der Waals surface area contributed by atoms with Crippen LogP contribution in [0.4, 0.5) is 5.69 Å². The van der Waals surface area contributed by atoms with Gasteiger partial charge in [0.15, 0.2) is 0 Å². The molecule has 0 saturated carbocycles. The number of carboxylic acid groups (broad SMARTS) is 1. The number of nitrogens with zero attached hydrogens (tertiary/aromatic N) is 2. The van der Waals surface area contributed by atoms with E-state index in [0.717, 1.165) is 17.8 Å². The number of hydrogen-bond donors (Lipinski definition) is 2. The molecule has 1 rings (SSSR count). The van der Waals surface area contributed by atoms with E-state index in [1.54, 1.807) is 4.68 Å². The van der Waals surface area contributed by atoms with Crippen molar-refractivity contribution in [2.75, 3.05) is 11.9 Å². The molecule has 0 spiro atoms. The lowest BCUT2D eigenvalue weighted by Crippen LogP contribution is -2.05. The second kappa shape index (κ2) is 5.38. The quantitative estimate of drug-likeness (QED) is 0.695. The standard InChI is InChI=1S/C10H17N3O2/c1-3-8-9(7-13(2)12-8)11-6-4-5-10(14)15/h7,11H,3-6H2,1-2H3,(H,14,15). The Balaban J connectivity index is 2.39. The van der Waals surface area contributed by atoms with E-state index in [1.807, 2.05) is 20.2 Å². The lowest BCUT2D eigenvalue weighted by Gasteiger charge is -2.03. The zero-order valence-electron chi connectivity index (χ0n) is 9.16. The Morgan fingerprint density at radius 1 is 1.67 bits per heavy atom. The maximum absolute atomic E-state index is 10.3. The predicted octanol–water partition coefficient (Wildman–Crippen LogP) is 1.26. The number of aromatic nitrogens is 2. The molecule has 1 aromatic heterocycles. The summed E-state index contributed by atoms with van der Waals surface area (Å²) in [5, 5.41) is 15.9. The third-order valence-corrected chi connectivity index (χ3v) is 2.12. The molecule has 2 N–H and O–H groups in total. The van der Waals surface area contributed by atoms with E-state index in [4.69, 9.17) is 5.11 Å². The van der Waals surface area contributed by atoms with Gasteiger partial charge in [0, 0.05) is 26.2 Å². The van der Waals surface area contributed by atoms with Gasteiger partial charge >= 0.3 is 5.97 Å². The highest BCUT2D eigenvalue weighted by Gasteiger charge is 2.04. The zero-order chi connectivity index (χ0) is 11.3. The maximum atomic E-state index is 10.3. The SMILES string of the molecule is CCc1nn(C)cc1NCCCC(=O)O. The molecule has 1 aromatic rings. The molecule has 0 radical (unpaired) electrons. The summed E-state index contributed by atoms with van der Waals surface area (Å²) in [6.07, 6.45) is 3.63. The molecule has 1 heterocycles. The highest BCUT2D eigenvalue weighted by atomic mass is 16.4. The molecule has 0 aromatic carbocycles. The summed E-state index contributed by atoms with van der Waals surface area (Å²) < 4.78 is 1.76. The van der Waals surface area contributed by atoms with Crippen LogP contribution in [0.25, 0.3) is 0 Å². The number of aryl methyl sites for hydroxylation is 2. The molecule has 15 heavy (non-hydrogen) atoms. The van der Waals surface area contributed by atoms with Crippen LogP contribution in [0.1, 0.15) is 25.5 Å². The van der Waals surface area contributed by atoms with E-state index >= 15 is 0 Å². The lowest BCUT2D eigenvalue weighted by atomic mass is 10.2. The molecule has 0 atom stereocenters. The van der Waals surface area contributed by atoms with Crippen LogP contribution < -0.4 is 5.32 Å². The smallest absolute Gasteiger partial charge is 0.303 e. The number of hydrogen-bond acceptors (Lipinski definition) is 3. The van der Waals surface area contributed by atoms with Crippen LogP contribution in [0.15, 0.2) is 6.20 Å². The molecule has 0 bridgehead atoms. The highest BCUT2D eigenvalue weighted by molar-refractivity contribution is 5.66. The van der Waals surface area contributed by atoms with E-state index in [-0.39, 0.29) is 6.42 Å². The van der Waals surface area contributed by atoms with E-state index in [1.165, 1.54) is 0 Å². The third-order valence-electron chi connectivity index (χ3n) is 2.12. The summed E-state index contributed by atoms with van der Waals surface area (Å²) in [5.41, 5.74) is 2.03. The fraction of sp³-hybridized carbons (Fsp3) is 0.600. The Labute approximate surface area is 89.1 Å². The molecule has 5 heteroatoms. The first-order chi connectivity index (χ1) is 7.13. The summed E-state index contributed by atoms with van der Waals surface area (Å²) in [6.45, 7) is 2.72. The normalized spacial score (nSPS) is 10.3. The summed E-state index contributed by atoms with van der Waals surface area (Å²) >= 11 is 0. The summed E-state index contributed by atoms with van der Waals surface area (Å²) in [5.74, 6) is -0.751. The summed E-state index contributed by atoms with van der Waals surface area (Å²) in [7, 11) is 1.88. The number of carbonyl (C=O) groups is 1. The maximum Gasteiger partial charge on any atom is 0.303 e. The minimum Gasteiger partial charge on any atom is -0.481 e. The fourth-order valence-corrected chi connectivity index (χ4v) is 1.41. The number of anilines is 1. The van der Waals surface area contributed by atoms with Crippen LogP contribution in [0, 0.1) is 0 Å². The molecule has 0 aliphatic heterocycles. The van der Waals surface area contributed by atoms with Crippen LogP contribution in [-0.4, -0.2) is 27.4 Å². The summed E-state index contributed by atoms with van der Waals surface area (Å²) in [6, 6.07) is 0. The van der Waals surface area contributed by atoms with Crippen LogP contribution in [0.2, 0.25) is 0 Å². The van der Waals surface area contributed by atoms with E-state index in [2.05, 4.69) is 10.4 Å². The van der Waals surface area contributed by atoms with Crippen molar-refractivity contribution in [2.45, 2.75) is 26.2 Å². The monoisotopic (exact) mass is 211 g/mol. The first-order valence-corrected chi connectivity index (χ1v) is 5.11. The number of rotatable bonds is 6. The fourth-order valence-electron chi connectivity index (χ4n) is 1.41. The van der Waals surface area contributed by atoms with Crippen molar-refractivity contribution in [3.8, 4) is 0 Å². The second-order valence-electron chi connectivity index (χ2n) is 3.44. The van der Waals surface area contributed by atoms with Crippen molar-refractivity contribution in [1.29, 1.82) is 0 Å². The van der Waals surface area contributed by atoms with Gasteiger partial charge in [-0.1, -0.05) is 6.92 Å². The van der Waals surface area contributed by atoms with E-state index in [0.29, 0.717) is 13.0 Å². The lowest BCUT2D eigenvalue weighted by molar-refractivity contribution is -0.137. The zero-order valence-corrected chi connectivity index (χ0v) is 9.16. The molecule has 0 unspecified atom stereocenters. The second-order valence-corrected chi connectivity index (χ2v) is 3.44. The van der Waals surface area contributed by atoms with Crippen LogP contribution in [0.5, 0.6) is 0 Å². The van der Waals surface area contributed by atoms with E-state index < -0.39 is 5.97 Å². The Morgan fingerprint density at radius 3 is 3.00 bits per heavy atom. The van der Waals surface area contributed by atoms with Crippen LogP contribution in [-0.2, 0) is 18.3 Å². The van der Waals surface area contributed by atoms with Gasteiger partial charge < -0.3 is 10.4 Å². The molecule has 0 fully saturated rings. The van der Waals surface area contributed by atoms with Gasteiger partial charge in [-0.3, -0.25) is 9.48 Å². The molecule has 0 saturated heterocycles. The van der Waals surface area contributed by atoms with Crippen molar-refractivity contribution in [3.05, 3.63) is 11.9 Å². The Hall–Kier alpha value is -1.52. The highest BCUT2D eigenvalue weighted by Crippen LogP contribution is 2.13. The Kier molecular flexibility index (Phi) is 4.15. The molecule has 5 nitrogen and oxygen atoms in total. The summed E-state index contributed by atoms with van der Waals surface area (Å²) in [4.78, 5) is 10.3. The van der Waals surface area contributed by atoms with E-state index in [9.17, 15) is 4.79 Å². The molecule has 0 aliphatic carbocycles. The third kappa shape index (κ3) is 3.61. The minimum atomic E-state index is -0.751. The van der Waals surface area contributed by atoms with Gasteiger partial charge in [0.05, 0.1) is 11.4 Å². The Morgan fingerprint density at radius 2 is 2.40 bits per heavy atom. The average molecular weight is 211 g/mol. The van der Waals surface area contributed by atoms with Crippen LogP contribution in [0.3, 0.4) is 0 Å². The van der Waals surface area contributed by atoms with Gasteiger partial charge in [0.2, 0.25) is 0 Å². The van der Waals surface area contributed by atoms with Gasteiger partial charge in [-0.2, -0.15) is 5.10 Å². The topological polar surface area (TPSA) is 67.2 Å². The largest absolute Gasteiger partial charge is 0.481 e. The molecule has 84 valence electrons. The first-order valence-electron chi connectivity index (χ1n) is 5.11. The average Bonchev–Trinajstić information content (AvgIpc) is 2.53. The molecular formula is C10H17N3O2. The predicted molar refractivity (Wildman–Crippen MR) is 57.9 cm³/mol. The van der Waals surface area contributed by atoms with Gasteiger partial charge in [-0.05, 0) is 12.8 Å². The van der Waals surface area contributed by atoms with Gasteiger partial charge in [0.1, 0.15) is 0 Å². The number of carboxylic acids is 1. The number of nitrogens with one attached hydrogen (secondary N) is 1. The van der Waals surface area contributed by atoms with Crippen molar-refractivity contribution < 1.29 is 9.90 Å². The van der Waals surface area contributed by atoms with Crippen molar-refractivity contribution in [1.82, 2.24) is 9.78 Å². The van der Waals surface area contributed by atoms with Gasteiger partial charge in [-0.25, -0.2) is 0 Å². The molecular weight excluding hydrogens is 194 g/mol. The number of aliphatic carboxylic acids is 1. The molecule has 0 amide bonds. The van der Waals surface area contributed by atoms with Crippen LogP contribution >= 0.6 is 0 Å². The minimum absolute atomic E-state index is 0.203. The first kappa shape index (κ1) is 11.6. The van der Waals surface area contributed by atoms with Crippen molar-refractivity contribution in [3.63, 3.8) is 0 Å². The van der Waals surface area contributed by atoms with Crippen molar-refractivity contribution in [2.24, 2.45) is 7.05 Å². The van der Waals surface area contributed by atoms with Gasteiger partial charge in [-0.15, -0.1) is 0 Å². The molecule has 0 aliphatic rings. The van der Waals surface area contributed by atoms with Gasteiger partial charge in [0.25, 0.3) is 0 Å². The van der Waals surface area contributed by atoms with Crippen molar-refractivity contribution >= 4 is 11.7 Å².